The first-order valence-electron chi connectivity index (χ1n) is 4.77. The Labute approximate surface area is 77.1 Å². The minimum absolute atomic E-state index is 0.144. The molecule has 0 aromatic heterocycles. The molecule has 3 nitrogen and oxygen atoms in total. The zero-order valence-corrected chi connectivity index (χ0v) is 7.39. The number of aliphatic hydroxyl groups is 1. The van der Waals surface area contributed by atoms with Gasteiger partial charge in [-0.15, -0.1) is 0 Å². The molecule has 2 aliphatic carbocycles. The van der Waals surface area contributed by atoms with E-state index in [0.29, 0.717) is 18.3 Å². The molecule has 0 aromatic carbocycles. The summed E-state index contributed by atoms with van der Waals surface area (Å²) in [6.45, 7) is 0. The van der Waals surface area contributed by atoms with Crippen molar-refractivity contribution in [2.24, 2.45) is 17.8 Å². The fourth-order valence-corrected chi connectivity index (χ4v) is 2.38. The highest BCUT2D eigenvalue weighted by molar-refractivity contribution is 5.74. The topological polar surface area (TPSA) is 57.5 Å². The molecular weight excluding hydrogens is 168 g/mol. The van der Waals surface area contributed by atoms with Gasteiger partial charge in [0, 0.05) is 0 Å². The van der Waals surface area contributed by atoms with Crippen molar-refractivity contribution in [2.45, 2.75) is 25.4 Å². The molecule has 3 heteroatoms. The van der Waals surface area contributed by atoms with Crippen LogP contribution in [-0.2, 0) is 4.79 Å². The van der Waals surface area contributed by atoms with E-state index in [-0.39, 0.29) is 12.0 Å². The Morgan fingerprint density at radius 1 is 1.31 bits per heavy atom. The Balaban J connectivity index is 2.00. The highest BCUT2D eigenvalue weighted by atomic mass is 16.4. The molecule has 1 saturated carbocycles. The summed E-state index contributed by atoms with van der Waals surface area (Å²) in [5.41, 5.74) is 0. The lowest BCUT2D eigenvalue weighted by molar-refractivity contribution is -0.139. The van der Waals surface area contributed by atoms with Gasteiger partial charge in [0.2, 0.25) is 0 Å². The first kappa shape index (κ1) is 8.75. The van der Waals surface area contributed by atoms with E-state index in [1.165, 1.54) is 0 Å². The highest BCUT2D eigenvalue weighted by Gasteiger charge is 2.53. The summed E-state index contributed by atoms with van der Waals surface area (Å²) < 4.78 is 0. The average molecular weight is 182 g/mol. The van der Waals surface area contributed by atoms with Gasteiger partial charge in [-0.2, -0.15) is 0 Å². The molecule has 2 N–H and O–H groups in total. The van der Waals surface area contributed by atoms with Crippen LogP contribution >= 0.6 is 0 Å². The van der Waals surface area contributed by atoms with Crippen LogP contribution in [0.1, 0.15) is 19.3 Å². The normalized spacial score (nSPS) is 45.6. The first-order chi connectivity index (χ1) is 6.20. The molecule has 0 amide bonds. The van der Waals surface area contributed by atoms with Crippen LogP contribution in [0.2, 0.25) is 0 Å². The van der Waals surface area contributed by atoms with Gasteiger partial charge in [-0.25, -0.2) is 0 Å². The third kappa shape index (κ3) is 1.61. The summed E-state index contributed by atoms with van der Waals surface area (Å²) in [4.78, 5) is 10.7. The van der Waals surface area contributed by atoms with Crippen molar-refractivity contribution in [3.8, 4) is 0 Å². The number of fused-ring (bicyclic) bond motifs is 1. The summed E-state index contributed by atoms with van der Waals surface area (Å²) >= 11 is 0. The fraction of sp³-hybridized carbons (Fsp3) is 0.700. The number of carbonyl (C=O) groups is 1. The maximum Gasteiger partial charge on any atom is 0.307 e. The zero-order valence-electron chi connectivity index (χ0n) is 7.39. The van der Waals surface area contributed by atoms with Gasteiger partial charge in [-0.05, 0) is 31.1 Å². The molecule has 2 aliphatic rings. The summed E-state index contributed by atoms with van der Waals surface area (Å²) in [5, 5.41) is 18.2. The largest absolute Gasteiger partial charge is 0.481 e. The van der Waals surface area contributed by atoms with Gasteiger partial charge in [0.1, 0.15) is 0 Å². The van der Waals surface area contributed by atoms with E-state index >= 15 is 0 Å². The monoisotopic (exact) mass is 182 g/mol. The summed E-state index contributed by atoms with van der Waals surface area (Å²) in [6, 6.07) is 0. The number of aliphatic carboxylic acids is 1. The van der Waals surface area contributed by atoms with Gasteiger partial charge < -0.3 is 10.2 Å². The molecule has 13 heavy (non-hydrogen) atoms. The first-order valence-corrected chi connectivity index (χ1v) is 4.77. The van der Waals surface area contributed by atoms with E-state index in [4.69, 9.17) is 5.11 Å². The van der Waals surface area contributed by atoms with Gasteiger partial charge in [-0.3, -0.25) is 4.79 Å². The van der Waals surface area contributed by atoms with Crippen molar-refractivity contribution in [3.63, 3.8) is 0 Å². The molecule has 72 valence electrons. The molecule has 0 bridgehead atoms. The SMILES string of the molecule is O=C(O)[C@H]1[C@@H]2CC[C@@H](O)/C=C\C[C@@H]21. The number of hydrogen-bond donors (Lipinski definition) is 2. The highest BCUT2D eigenvalue weighted by Crippen LogP contribution is 2.52. The third-order valence-corrected chi connectivity index (χ3v) is 3.18. The average Bonchev–Trinajstić information content (AvgIpc) is 2.70. The van der Waals surface area contributed by atoms with Crippen LogP contribution in [0.4, 0.5) is 0 Å². The Bertz CT molecular complexity index is 247. The van der Waals surface area contributed by atoms with Crippen molar-refractivity contribution in [2.75, 3.05) is 0 Å². The minimum Gasteiger partial charge on any atom is -0.481 e. The lowest BCUT2D eigenvalue weighted by Crippen LogP contribution is -2.04. The number of rotatable bonds is 1. The Morgan fingerprint density at radius 3 is 2.77 bits per heavy atom. The molecule has 0 heterocycles. The van der Waals surface area contributed by atoms with Crippen molar-refractivity contribution < 1.29 is 15.0 Å². The number of hydrogen-bond acceptors (Lipinski definition) is 2. The standard InChI is InChI=1S/C10H14O3/c11-6-2-1-3-7-8(5-4-6)9(7)10(12)13/h1-2,6-9,11H,3-5H2,(H,12,13)/b2-1-/t6-,7-,8+,9+/m0/s1. The predicted octanol–water partition coefficient (Wildman–Crippen LogP) is 1.03. The van der Waals surface area contributed by atoms with E-state index < -0.39 is 5.97 Å². The zero-order chi connectivity index (χ0) is 9.42. The van der Waals surface area contributed by atoms with Gasteiger partial charge in [-0.1, -0.05) is 12.2 Å². The lowest BCUT2D eigenvalue weighted by Gasteiger charge is -2.06. The second kappa shape index (κ2) is 3.14. The van der Waals surface area contributed by atoms with E-state index in [9.17, 15) is 9.90 Å². The maximum absolute atomic E-state index is 10.7. The third-order valence-electron chi connectivity index (χ3n) is 3.18. The van der Waals surface area contributed by atoms with Gasteiger partial charge in [0.15, 0.2) is 0 Å². The van der Waals surface area contributed by atoms with Crippen molar-refractivity contribution in [1.82, 2.24) is 0 Å². The van der Waals surface area contributed by atoms with Crippen LogP contribution in [0.3, 0.4) is 0 Å². The molecule has 1 fully saturated rings. The molecule has 0 saturated heterocycles. The van der Waals surface area contributed by atoms with Crippen LogP contribution in [0.5, 0.6) is 0 Å². The van der Waals surface area contributed by atoms with Crippen molar-refractivity contribution in [3.05, 3.63) is 12.2 Å². The van der Waals surface area contributed by atoms with Gasteiger partial charge in [0.05, 0.1) is 12.0 Å². The second-order valence-electron chi connectivity index (χ2n) is 4.00. The Kier molecular flexibility index (Phi) is 2.12. The lowest BCUT2D eigenvalue weighted by atomic mass is 10.0. The second-order valence-corrected chi connectivity index (χ2v) is 4.00. The number of carboxylic acid groups (broad SMARTS) is 1. The van der Waals surface area contributed by atoms with Crippen LogP contribution < -0.4 is 0 Å². The van der Waals surface area contributed by atoms with Crippen molar-refractivity contribution in [1.29, 1.82) is 0 Å². The molecule has 0 aliphatic heterocycles. The number of aliphatic hydroxyl groups excluding tert-OH is 1. The quantitative estimate of drug-likeness (QED) is 0.595. The van der Waals surface area contributed by atoms with Gasteiger partial charge in [0.25, 0.3) is 0 Å². The number of allylic oxidation sites excluding steroid dienone is 1. The summed E-state index contributed by atoms with van der Waals surface area (Å²) in [5.74, 6) is -0.159. The van der Waals surface area contributed by atoms with Crippen LogP contribution in [-0.4, -0.2) is 22.3 Å². The molecular formula is C10H14O3. The molecule has 0 radical (unpaired) electrons. The van der Waals surface area contributed by atoms with Crippen molar-refractivity contribution >= 4 is 5.97 Å². The van der Waals surface area contributed by atoms with Crippen LogP contribution in [0.15, 0.2) is 12.2 Å². The Morgan fingerprint density at radius 2 is 2.08 bits per heavy atom. The molecule has 0 unspecified atom stereocenters. The smallest absolute Gasteiger partial charge is 0.307 e. The van der Waals surface area contributed by atoms with Gasteiger partial charge >= 0.3 is 5.97 Å². The van der Waals surface area contributed by atoms with Crippen LogP contribution in [0.25, 0.3) is 0 Å². The maximum atomic E-state index is 10.7. The van der Waals surface area contributed by atoms with E-state index in [0.717, 1.165) is 12.8 Å². The van der Waals surface area contributed by atoms with Crippen LogP contribution in [0, 0.1) is 17.8 Å². The molecule has 4 atom stereocenters. The number of carboxylic acids is 1. The molecule has 0 spiro atoms. The van der Waals surface area contributed by atoms with E-state index in [1.807, 2.05) is 6.08 Å². The molecule has 2 rings (SSSR count). The molecule has 0 aromatic rings. The van der Waals surface area contributed by atoms with E-state index in [1.54, 1.807) is 6.08 Å². The fourth-order valence-electron chi connectivity index (χ4n) is 2.38. The summed E-state index contributed by atoms with van der Waals surface area (Å²) in [7, 11) is 0. The predicted molar refractivity (Wildman–Crippen MR) is 47.1 cm³/mol. The van der Waals surface area contributed by atoms with E-state index in [2.05, 4.69) is 0 Å². The summed E-state index contributed by atoms with van der Waals surface area (Å²) in [6.07, 6.45) is 5.72. The minimum atomic E-state index is -0.667. The Hall–Kier alpha value is -0.830.